The summed E-state index contributed by atoms with van der Waals surface area (Å²) in [4.78, 5) is 12.7. The molecular formula is C23H21ClN2O4S. The van der Waals surface area contributed by atoms with Crippen molar-refractivity contribution in [3.63, 3.8) is 0 Å². The van der Waals surface area contributed by atoms with E-state index in [0.29, 0.717) is 18.0 Å². The Kier molecular flexibility index (Phi) is 6.99. The number of nitrogens with one attached hydrogen (secondary N) is 2. The maximum Gasteiger partial charge on any atom is 0.261 e. The number of carbonyl (C=O) groups is 1. The summed E-state index contributed by atoms with van der Waals surface area (Å²) in [6.45, 7) is 5.82. The molecule has 0 saturated heterocycles. The number of benzene rings is 3. The molecule has 6 nitrogen and oxygen atoms in total. The molecule has 31 heavy (non-hydrogen) atoms. The predicted molar refractivity (Wildman–Crippen MR) is 124 cm³/mol. The molecule has 0 aliphatic heterocycles. The smallest absolute Gasteiger partial charge is 0.261 e. The number of anilines is 2. The van der Waals surface area contributed by atoms with Crippen LogP contribution in [0.2, 0.25) is 5.02 Å². The van der Waals surface area contributed by atoms with Gasteiger partial charge in [0.2, 0.25) is 0 Å². The van der Waals surface area contributed by atoms with Crippen LogP contribution in [0, 0.1) is 6.92 Å². The van der Waals surface area contributed by atoms with E-state index < -0.39 is 15.9 Å². The zero-order chi connectivity index (χ0) is 22.4. The van der Waals surface area contributed by atoms with E-state index in [1.54, 1.807) is 42.5 Å². The fourth-order valence-corrected chi connectivity index (χ4v) is 4.05. The highest BCUT2D eigenvalue weighted by Gasteiger charge is 2.17. The molecule has 3 rings (SSSR count). The Labute approximate surface area is 186 Å². The van der Waals surface area contributed by atoms with Crippen molar-refractivity contribution < 1.29 is 17.9 Å². The van der Waals surface area contributed by atoms with E-state index in [1.165, 1.54) is 30.3 Å². The largest absolute Gasteiger partial charge is 0.489 e. The molecule has 0 heterocycles. The summed E-state index contributed by atoms with van der Waals surface area (Å²) in [5, 5.41) is 2.86. The third-order valence-corrected chi connectivity index (χ3v) is 5.96. The van der Waals surface area contributed by atoms with Crippen LogP contribution in [0.4, 0.5) is 11.4 Å². The van der Waals surface area contributed by atoms with Crippen molar-refractivity contribution in [2.24, 2.45) is 0 Å². The van der Waals surface area contributed by atoms with E-state index in [-0.39, 0.29) is 21.2 Å². The summed E-state index contributed by atoms with van der Waals surface area (Å²) < 4.78 is 33.0. The van der Waals surface area contributed by atoms with Crippen molar-refractivity contribution in [1.82, 2.24) is 0 Å². The normalized spacial score (nSPS) is 10.9. The molecule has 0 spiro atoms. The van der Waals surface area contributed by atoms with E-state index >= 15 is 0 Å². The number of halogens is 1. The molecule has 1 amide bonds. The summed E-state index contributed by atoms with van der Waals surface area (Å²) in [5.41, 5.74) is 1.95. The molecule has 0 bridgehead atoms. The maximum absolute atomic E-state index is 12.6. The van der Waals surface area contributed by atoms with Gasteiger partial charge in [0.15, 0.2) is 0 Å². The fourth-order valence-electron chi connectivity index (χ4n) is 2.68. The zero-order valence-corrected chi connectivity index (χ0v) is 18.3. The molecule has 0 atom stereocenters. The van der Waals surface area contributed by atoms with Gasteiger partial charge in [-0.25, -0.2) is 8.42 Å². The van der Waals surface area contributed by atoms with Crippen LogP contribution in [0.1, 0.15) is 15.9 Å². The number of hydrogen-bond donors (Lipinski definition) is 2. The number of amides is 1. The van der Waals surface area contributed by atoms with Gasteiger partial charge in [-0.2, -0.15) is 0 Å². The molecule has 8 heteroatoms. The lowest BCUT2D eigenvalue weighted by Gasteiger charge is -2.12. The number of aryl methyl sites for hydroxylation is 1. The molecule has 0 aliphatic carbocycles. The molecule has 160 valence electrons. The van der Waals surface area contributed by atoms with Crippen LogP contribution in [0.15, 0.2) is 84.3 Å². The first kappa shape index (κ1) is 22.4. The summed E-state index contributed by atoms with van der Waals surface area (Å²) in [6.07, 6.45) is 1.63. The average Bonchev–Trinajstić information content (AvgIpc) is 2.74. The van der Waals surface area contributed by atoms with Gasteiger partial charge in [0.05, 0.1) is 15.6 Å². The van der Waals surface area contributed by atoms with Crippen LogP contribution in [0.5, 0.6) is 5.75 Å². The Balaban J connectivity index is 1.73. The van der Waals surface area contributed by atoms with Gasteiger partial charge < -0.3 is 10.1 Å². The van der Waals surface area contributed by atoms with E-state index in [9.17, 15) is 13.2 Å². The molecule has 2 N–H and O–H groups in total. The minimum absolute atomic E-state index is 0.103. The van der Waals surface area contributed by atoms with E-state index in [2.05, 4.69) is 16.6 Å². The van der Waals surface area contributed by atoms with Gasteiger partial charge in [-0.3, -0.25) is 9.52 Å². The highest BCUT2D eigenvalue weighted by molar-refractivity contribution is 7.92. The Hall–Kier alpha value is -3.29. The first-order valence-electron chi connectivity index (χ1n) is 9.32. The summed E-state index contributed by atoms with van der Waals surface area (Å²) >= 11 is 6.24. The molecule has 0 fully saturated rings. The molecule has 3 aromatic rings. The summed E-state index contributed by atoms with van der Waals surface area (Å²) in [7, 11) is -3.80. The zero-order valence-electron chi connectivity index (χ0n) is 16.8. The second kappa shape index (κ2) is 9.68. The quantitative estimate of drug-likeness (QED) is 0.452. The lowest BCUT2D eigenvalue weighted by Crippen LogP contribution is -2.15. The summed E-state index contributed by atoms with van der Waals surface area (Å²) in [6, 6.07) is 17.7. The molecule has 0 aromatic heterocycles. The van der Waals surface area contributed by atoms with Crippen LogP contribution < -0.4 is 14.8 Å². The summed E-state index contributed by atoms with van der Waals surface area (Å²) in [5.74, 6) is 0.201. The van der Waals surface area contributed by atoms with Crippen LogP contribution in [-0.2, 0) is 10.0 Å². The van der Waals surface area contributed by atoms with E-state index in [0.717, 1.165) is 5.56 Å². The van der Waals surface area contributed by atoms with Crippen LogP contribution in [-0.4, -0.2) is 20.9 Å². The number of rotatable bonds is 8. The van der Waals surface area contributed by atoms with Gasteiger partial charge in [0, 0.05) is 17.3 Å². The molecule has 0 unspecified atom stereocenters. The standard InChI is InChI=1S/C23H21ClN2O4S/c1-3-13-30-19-6-4-5-18(15-19)25-23(27)17-9-12-22(21(24)14-17)26-31(28,29)20-10-7-16(2)8-11-20/h3-12,14-15,26H,1,13H2,2H3,(H,25,27). The fraction of sp³-hybridized carbons (Fsp3) is 0.0870. The van der Waals surface area contributed by atoms with Gasteiger partial charge in [0.1, 0.15) is 12.4 Å². The van der Waals surface area contributed by atoms with Gasteiger partial charge in [-0.1, -0.05) is 48.0 Å². The molecule has 0 saturated carbocycles. The molecule has 0 radical (unpaired) electrons. The van der Waals surface area contributed by atoms with Crippen molar-refractivity contribution in [2.45, 2.75) is 11.8 Å². The Morgan fingerprint density at radius 1 is 1.10 bits per heavy atom. The number of carbonyl (C=O) groups excluding carboxylic acids is 1. The molecule has 0 aliphatic rings. The third kappa shape index (κ3) is 5.87. The predicted octanol–water partition coefficient (Wildman–Crippen LogP) is 5.27. The first-order valence-corrected chi connectivity index (χ1v) is 11.2. The Morgan fingerprint density at radius 2 is 1.84 bits per heavy atom. The van der Waals surface area contributed by atoms with Gasteiger partial charge in [-0.15, -0.1) is 0 Å². The highest BCUT2D eigenvalue weighted by atomic mass is 35.5. The monoisotopic (exact) mass is 456 g/mol. The minimum atomic E-state index is -3.80. The highest BCUT2D eigenvalue weighted by Crippen LogP contribution is 2.27. The van der Waals surface area contributed by atoms with Crippen molar-refractivity contribution in [2.75, 3.05) is 16.6 Å². The number of hydrogen-bond acceptors (Lipinski definition) is 4. The van der Waals surface area contributed by atoms with Crippen LogP contribution in [0.25, 0.3) is 0 Å². The SMILES string of the molecule is C=CCOc1cccc(NC(=O)c2ccc(NS(=O)(=O)c3ccc(C)cc3)c(Cl)c2)c1. The Morgan fingerprint density at radius 3 is 2.52 bits per heavy atom. The van der Waals surface area contributed by atoms with Gasteiger partial charge in [-0.05, 0) is 49.4 Å². The first-order chi connectivity index (χ1) is 14.8. The third-order valence-electron chi connectivity index (χ3n) is 4.27. The molecular weight excluding hydrogens is 436 g/mol. The van der Waals surface area contributed by atoms with E-state index in [1.807, 2.05) is 6.92 Å². The number of sulfonamides is 1. The van der Waals surface area contributed by atoms with Crippen molar-refractivity contribution in [3.8, 4) is 5.75 Å². The van der Waals surface area contributed by atoms with Crippen molar-refractivity contribution in [1.29, 1.82) is 0 Å². The molecule has 3 aromatic carbocycles. The average molecular weight is 457 g/mol. The van der Waals surface area contributed by atoms with E-state index in [4.69, 9.17) is 16.3 Å². The second-order valence-electron chi connectivity index (χ2n) is 6.69. The topological polar surface area (TPSA) is 84.5 Å². The van der Waals surface area contributed by atoms with Gasteiger partial charge >= 0.3 is 0 Å². The van der Waals surface area contributed by atoms with Gasteiger partial charge in [0.25, 0.3) is 15.9 Å². The lowest BCUT2D eigenvalue weighted by molar-refractivity contribution is 0.102. The van der Waals surface area contributed by atoms with Crippen molar-refractivity contribution >= 4 is 38.9 Å². The van der Waals surface area contributed by atoms with Crippen LogP contribution in [0.3, 0.4) is 0 Å². The lowest BCUT2D eigenvalue weighted by atomic mass is 10.2. The minimum Gasteiger partial charge on any atom is -0.489 e. The maximum atomic E-state index is 12.6. The van der Waals surface area contributed by atoms with Crippen LogP contribution >= 0.6 is 11.6 Å². The number of ether oxygens (including phenoxy) is 1. The second-order valence-corrected chi connectivity index (χ2v) is 8.78. The van der Waals surface area contributed by atoms with Crippen molar-refractivity contribution in [3.05, 3.63) is 95.5 Å². The Bertz CT molecular complexity index is 1210.